The number of hydrogen-bond acceptors (Lipinski definition) is 2. The first-order valence-corrected chi connectivity index (χ1v) is 5.72. The molecular weight excluding hydrogens is 216 g/mol. The van der Waals surface area contributed by atoms with E-state index in [9.17, 15) is 9.90 Å². The molecule has 0 fully saturated rings. The van der Waals surface area contributed by atoms with Crippen molar-refractivity contribution in [3.8, 4) is 0 Å². The molecule has 1 aromatic heterocycles. The van der Waals surface area contributed by atoms with E-state index in [0.717, 1.165) is 5.56 Å². The Bertz CT molecular complexity index is 391. The normalized spacial score (nSPS) is 11.6. The van der Waals surface area contributed by atoms with Crippen molar-refractivity contribution in [3.63, 3.8) is 0 Å². The fraction of sp³-hybridized carbons (Fsp3) is 0.538. The summed E-state index contributed by atoms with van der Waals surface area (Å²) in [5.41, 5.74) is 0.603. The van der Waals surface area contributed by atoms with Crippen molar-refractivity contribution in [1.82, 2.24) is 4.98 Å². The van der Waals surface area contributed by atoms with Crippen LogP contribution in [0.5, 0.6) is 0 Å². The van der Waals surface area contributed by atoms with Crippen LogP contribution in [0.1, 0.15) is 46.1 Å². The molecule has 0 radical (unpaired) electrons. The second-order valence-electron chi connectivity index (χ2n) is 5.39. The summed E-state index contributed by atoms with van der Waals surface area (Å²) in [7, 11) is 0. The van der Waals surface area contributed by atoms with E-state index in [1.54, 1.807) is 12.3 Å². The number of anilines is 1. The van der Waals surface area contributed by atoms with E-state index < -0.39 is 11.6 Å². The average Bonchev–Trinajstić information content (AvgIpc) is 2.15. The standard InChI is InChI=1S/C13H20N2O2/c1-9(2)10-6-7-11(14-8-10)15(12(16)17)13(3,4)5/h6-9H,1-5H3,(H,16,17). The monoisotopic (exact) mass is 236 g/mol. The Balaban J connectivity index is 3.09. The molecule has 1 amide bonds. The van der Waals surface area contributed by atoms with Gasteiger partial charge >= 0.3 is 6.09 Å². The van der Waals surface area contributed by atoms with Crippen LogP contribution in [0.15, 0.2) is 18.3 Å². The van der Waals surface area contributed by atoms with Gasteiger partial charge in [-0.05, 0) is 38.3 Å². The zero-order valence-corrected chi connectivity index (χ0v) is 11.1. The summed E-state index contributed by atoms with van der Waals surface area (Å²) in [5, 5.41) is 9.23. The molecule has 0 saturated carbocycles. The first kappa shape index (κ1) is 13.5. The average molecular weight is 236 g/mol. The summed E-state index contributed by atoms with van der Waals surface area (Å²) in [6.07, 6.45) is 0.754. The van der Waals surface area contributed by atoms with Gasteiger partial charge in [-0.25, -0.2) is 9.78 Å². The highest BCUT2D eigenvalue weighted by Crippen LogP contribution is 2.23. The summed E-state index contributed by atoms with van der Waals surface area (Å²) in [4.78, 5) is 16.8. The lowest BCUT2D eigenvalue weighted by atomic mass is 10.0. The summed E-state index contributed by atoms with van der Waals surface area (Å²) in [6.45, 7) is 9.70. The van der Waals surface area contributed by atoms with Crippen molar-refractivity contribution in [2.75, 3.05) is 4.90 Å². The Hall–Kier alpha value is -1.58. The zero-order chi connectivity index (χ0) is 13.2. The molecule has 1 rings (SSSR count). The molecule has 0 atom stereocenters. The van der Waals surface area contributed by atoms with Crippen LogP contribution in [0.25, 0.3) is 0 Å². The lowest BCUT2D eigenvalue weighted by Gasteiger charge is -2.32. The van der Waals surface area contributed by atoms with Gasteiger partial charge in [0.25, 0.3) is 0 Å². The number of amides is 1. The molecule has 17 heavy (non-hydrogen) atoms. The predicted octanol–water partition coefficient (Wildman–Crippen LogP) is 3.49. The van der Waals surface area contributed by atoms with Crippen LogP contribution < -0.4 is 4.90 Å². The number of pyridine rings is 1. The van der Waals surface area contributed by atoms with Crippen LogP contribution in [0.4, 0.5) is 10.6 Å². The summed E-state index contributed by atoms with van der Waals surface area (Å²) in [5.74, 6) is 0.860. The summed E-state index contributed by atoms with van der Waals surface area (Å²) >= 11 is 0. The van der Waals surface area contributed by atoms with E-state index in [1.165, 1.54) is 4.90 Å². The Morgan fingerprint density at radius 3 is 2.24 bits per heavy atom. The van der Waals surface area contributed by atoms with Gasteiger partial charge in [0.1, 0.15) is 5.82 Å². The van der Waals surface area contributed by atoms with Crippen molar-refractivity contribution < 1.29 is 9.90 Å². The molecule has 4 nitrogen and oxygen atoms in total. The fourth-order valence-electron chi connectivity index (χ4n) is 1.60. The third-order valence-electron chi connectivity index (χ3n) is 2.53. The van der Waals surface area contributed by atoms with Gasteiger partial charge in [-0.3, -0.25) is 4.90 Å². The van der Waals surface area contributed by atoms with Crippen molar-refractivity contribution >= 4 is 11.9 Å². The number of carbonyl (C=O) groups is 1. The number of hydrogen-bond donors (Lipinski definition) is 1. The molecule has 4 heteroatoms. The van der Waals surface area contributed by atoms with Gasteiger partial charge < -0.3 is 5.11 Å². The quantitative estimate of drug-likeness (QED) is 0.855. The molecule has 0 aromatic carbocycles. The van der Waals surface area contributed by atoms with Gasteiger partial charge in [-0.15, -0.1) is 0 Å². The number of aromatic nitrogens is 1. The summed E-state index contributed by atoms with van der Waals surface area (Å²) in [6, 6.07) is 3.68. The van der Waals surface area contributed by atoms with Crippen molar-refractivity contribution in [2.24, 2.45) is 0 Å². The van der Waals surface area contributed by atoms with Gasteiger partial charge in [0.05, 0.1) is 0 Å². The van der Waals surface area contributed by atoms with E-state index in [0.29, 0.717) is 11.7 Å². The third-order valence-corrected chi connectivity index (χ3v) is 2.53. The number of carboxylic acid groups (broad SMARTS) is 1. The molecule has 0 spiro atoms. The highest BCUT2D eigenvalue weighted by molar-refractivity contribution is 5.86. The molecule has 0 bridgehead atoms. The molecule has 0 aliphatic heterocycles. The lowest BCUT2D eigenvalue weighted by Crippen LogP contribution is -2.45. The van der Waals surface area contributed by atoms with Crippen LogP contribution >= 0.6 is 0 Å². The lowest BCUT2D eigenvalue weighted by molar-refractivity contribution is 0.195. The van der Waals surface area contributed by atoms with Crippen LogP contribution in [-0.2, 0) is 0 Å². The molecule has 0 aliphatic rings. The zero-order valence-electron chi connectivity index (χ0n) is 11.1. The second kappa shape index (κ2) is 4.73. The Labute approximate surface area is 102 Å². The third kappa shape index (κ3) is 3.19. The van der Waals surface area contributed by atoms with Gasteiger partial charge in [0.15, 0.2) is 0 Å². The van der Waals surface area contributed by atoms with Gasteiger partial charge in [-0.2, -0.15) is 0 Å². The first-order chi connectivity index (χ1) is 7.73. The molecule has 0 unspecified atom stereocenters. The first-order valence-electron chi connectivity index (χ1n) is 5.72. The largest absolute Gasteiger partial charge is 0.465 e. The Kier molecular flexibility index (Phi) is 3.76. The topological polar surface area (TPSA) is 53.4 Å². The van der Waals surface area contributed by atoms with Crippen molar-refractivity contribution in [3.05, 3.63) is 23.9 Å². The van der Waals surface area contributed by atoms with Crippen LogP contribution in [0.2, 0.25) is 0 Å². The van der Waals surface area contributed by atoms with Crippen LogP contribution in [-0.4, -0.2) is 21.7 Å². The molecule has 0 saturated heterocycles. The molecule has 1 aromatic rings. The van der Waals surface area contributed by atoms with Crippen molar-refractivity contribution in [2.45, 2.75) is 46.1 Å². The molecule has 0 aliphatic carbocycles. The highest BCUT2D eigenvalue weighted by Gasteiger charge is 2.28. The minimum absolute atomic E-state index is 0.393. The molecule has 1 N–H and O–H groups in total. The molecule has 1 heterocycles. The predicted molar refractivity (Wildman–Crippen MR) is 68.6 cm³/mol. The highest BCUT2D eigenvalue weighted by atomic mass is 16.4. The summed E-state index contributed by atoms with van der Waals surface area (Å²) < 4.78 is 0. The van der Waals surface area contributed by atoms with E-state index in [2.05, 4.69) is 18.8 Å². The van der Waals surface area contributed by atoms with Crippen LogP contribution in [0, 0.1) is 0 Å². The van der Waals surface area contributed by atoms with Gasteiger partial charge in [0, 0.05) is 11.7 Å². The van der Waals surface area contributed by atoms with Crippen molar-refractivity contribution in [1.29, 1.82) is 0 Å². The maximum absolute atomic E-state index is 11.3. The minimum atomic E-state index is -0.984. The maximum Gasteiger partial charge on any atom is 0.413 e. The van der Waals surface area contributed by atoms with Gasteiger partial charge in [0.2, 0.25) is 0 Å². The molecular formula is C13H20N2O2. The number of nitrogens with zero attached hydrogens (tertiary/aromatic N) is 2. The second-order valence-corrected chi connectivity index (χ2v) is 5.39. The van der Waals surface area contributed by atoms with Gasteiger partial charge in [-0.1, -0.05) is 19.9 Å². The van der Waals surface area contributed by atoms with E-state index in [4.69, 9.17) is 0 Å². The Morgan fingerprint density at radius 1 is 1.35 bits per heavy atom. The minimum Gasteiger partial charge on any atom is -0.465 e. The maximum atomic E-state index is 11.3. The smallest absolute Gasteiger partial charge is 0.413 e. The number of rotatable bonds is 2. The van der Waals surface area contributed by atoms with E-state index in [1.807, 2.05) is 26.8 Å². The van der Waals surface area contributed by atoms with Crippen LogP contribution in [0.3, 0.4) is 0 Å². The fourth-order valence-corrected chi connectivity index (χ4v) is 1.60. The van der Waals surface area contributed by atoms with E-state index >= 15 is 0 Å². The van der Waals surface area contributed by atoms with E-state index in [-0.39, 0.29) is 0 Å². The Morgan fingerprint density at radius 2 is 1.94 bits per heavy atom. The molecule has 94 valence electrons. The SMILES string of the molecule is CC(C)c1ccc(N(C(=O)O)C(C)(C)C)nc1.